The molecule has 6 heteroatoms. The molecular formula is C51H98O6. The van der Waals surface area contributed by atoms with Gasteiger partial charge in [-0.3, -0.25) is 14.4 Å². The first kappa shape index (κ1) is 55.4. The Bertz CT molecular complexity index is 870. The van der Waals surface area contributed by atoms with E-state index in [1.54, 1.807) is 0 Å². The Morgan fingerprint density at radius 2 is 0.579 bits per heavy atom. The molecule has 0 saturated carbocycles. The number of unbranched alkanes of at least 4 members (excludes halogenated alkanes) is 30. The zero-order valence-electron chi connectivity index (χ0n) is 39.0. The molecule has 57 heavy (non-hydrogen) atoms. The fourth-order valence-electron chi connectivity index (χ4n) is 7.64. The molecule has 0 fully saturated rings. The van der Waals surface area contributed by atoms with Crippen LogP contribution < -0.4 is 0 Å². The van der Waals surface area contributed by atoms with Crippen molar-refractivity contribution in [1.29, 1.82) is 0 Å². The normalized spacial score (nSPS) is 12.1. The summed E-state index contributed by atoms with van der Waals surface area (Å²) in [6.07, 6.45) is 43.7. The molecule has 0 N–H and O–H groups in total. The number of esters is 3. The molecule has 0 rings (SSSR count). The lowest BCUT2D eigenvalue weighted by Gasteiger charge is -2.18. The molecule has 1 atom stereocenters. The minimum Gasteiger partial charge on any atom is -0.462 e. The van der Waals surface area contributed by atoms with Crippen LogP contribution in [0.2, 0.25) is 0 Å². The van der Waals surface area contributed by atoms with Crippen molar-refractivity contribution in [2.75, 3.05) is 13.2 Å². The maximum Gasteiger partial charge on any atom is 0.306 e. The molecule has 0 aliphatic carbocycles. The molecule has 338 valence electrons. The summed E-state index contributed by atoms with van der Waals surface area (Å²) in [4.78, 5) is 37.9. The van der Waals surface area contributed by atoms with Crippen LogP contribution in [-0.4, -0.2) is 37.2 Å². The summed E-state index contributed by atoms with van der Waals surface area (Å²) in [5.74, 6) is 0.772. The molecule has 0 radical (unpaired) electrons. The summed E-state index contributed by atoms with van der Waals surface area (Å²) in [6, 6.07) is 0. The number of ether oxygens (including phenoxy) is 3. The third-order valence-corrected chi connectivity index (χ3v) is 11.5. The average molecular weight is 807 g/mol. The Balaban J connectivity index is 4.32. The van der Waals surface area contributed by atoms with E-state index < -0.39 is 6.10 Å². The van der Waals surface area contributed by atoms with Crippen molar-refractivity contribution < 1.29 is 28.6 Å². The largest absolute Gasteiger partial charge is 0.462 e. The van der Waals surface area contributed by atoms with Crippen molar-refractivity contribution >= 4 is 17.9 Å². The Labute approximate surface area is 355 Å². The maximum absolute atomic E-state index is 12.8. The van der Waals surface area contributed by atoms with Gasteiger partial charge in [-0.05, 0) is 31.1 Å². The van der Waals surface area contributed by atoms with Gasteiger partial charge in [0.1, 0.15) is 13.2 Å². The molecule has 0 aromatic heterocycles. The quantitative estimate of drug-likeness (QED) is 0.0346. The van der Waals surface area contributed by atoms with E-state index in [4.69, 9.17) is 14.2 Å². The first-order chi connectivity index (χ1) is 27.7. The summed E-state index contributed by atoms with van der Waals surface area (Å²) in [5.41, 5.74) is 0. The van der Waals surface area contributed by atoms with Crippen molar-refractivity contribution in [1.82, 2.24) is 0 Å². The molecular weight excluding hydrogens is 709 g/mol. The van der Waals surface area contributed by atoms with Gasteiger partial charge in [0.05, 0.1) is 0 Å². The topological polar surface area (TPSA) is 78.9 Å². The fraction of sp³-hybridized carbons (Fsp3) is 0.941. The van der Waals surface area contributed by atoms with Crippen LogP contribution >= 0.6 is 0 Å². The van der Waals surface area contributed by atoms with E-state index >= 15 is 0 Å². The summed E-state index contributed by atoms with van der Waals surface area (Å²) >= 11 is 0. The SMILES string of the molecule is CCCCCCCCCCCCCCCCC(=O)O[C@H](COC(=O)CCCCCCCCCCCCCC(C)C)COC(=O)CCCCCCCCCCC(C)C. The highest BCUT2D eigenvalue weighted by molar-refractivity contribution is 5.71. The van der Waals surface area contributed by atoms with Gasteiger partial charge in [0.2, 0.25) is 0 Å². The zero-order valence-corrected chi connectivity index (χ0v) is 39.0. The first-order valence-electron chi connectivity index (χ1n) is 25.2. The van der Waals surface area contributed by atoms with Crippen LogP contribution in [0.3, 0.4) is 0 Å². The van der Waals surface area contributed by atoms with Crippen LogP contribution in [-0.2, 0) is 28.6 Å². The molecule has 0 amide bonds. The van der Waals surface area contributed by atoms with Gasteiger partial charge in [0, 0.05) is 19.3 Å². The molecule has 0 bridgehead atoms. The minimum absolute atomic E-state index is 0.0643. The Morgan fingerprint density at radius 1 is 0.333 bits per heavy atom. The summed E-state index contributed by atoms with van der Waals surface area (Å²) < 4.78 is 16.8. The van der Waals surface area contributed by atoms with E-state index in [0.717, 1.165) is 69.6 Å². The average Bonchev–Trinajstić information content (AvgIpc) is 3.18. The maximum atomic E-state index is 12.8. The highest BCUT2D eigenvalue weighted by atomic mass is 16.6. The van der Waals surface area contributed by atoms with Gasteiger partial charge in [-0.25, -0.2) is 0 Å². The van der Waals surface area contributed by atoms with E-state index in [2.05, 4.69) is 34.6 Å². The molecule has 0 aliphatic heterocycles. The monoisotopic (exact) mass is 807 g/mol. The van der Waals surface area contributed by atoms with Gasteiger partial charge in [-0.15, -0.1) is 0 Å². The van der Waals surface area contributed by atoms with E-state index in [9.17, 15) is 14.4 Å². The summed E-state index contributed by atoms with van der Waals surface area (Å²) in [7, 11) is 0. The number of carbonyl (C=O) groups excluding carboxylic acids is 3. The van der Waals surface area contributed by atoms with Gasteiger partial charge in [-0.2, -0.15) is 0 Å². The number of carbonyl (C=O) groups is 3. The van der Waals surface area contributed by atoms with Crippen molar-refractivity contribution in [2.24, 2.45) is 11.8 Å². The number of hydrogen-bond acceptors (Lipinski definition) is 6. The van der Waals surface area contributed by atoms with Crippen molar-refractivity contribution in [2.45, 2.75) is 285 Å². The third-order valence-electron chi connectivity index (χ3n) is 11.5. The summed E-state index contributed by atoms with van der Waals surface area (Å²) in [5, 5.41) is 0. The standard InChI is InChI=1S/C51H98O6/c1-6-7-8-9-10-11-12-13-14-17-21-28-33-38-43-51(54)57-48(45-56-50(53)42-37-32-27-23-22-25-30-35-40-47(4)5)44-55-49(52)41-36-31-26-20-18-15-16-19-24-29-34-39-46(2)3/h46-48H,6-45H2,1-5H3/t48-/m1/s1. The van der Waals surface area contributed by atoms with Crippen LogP contribution in [0.15, 0.2) is 0 Å². The second-order valence-electron chi connectivity index (χ2n) is 18.4. The Kier molecular flexibility index (Phi) is 42.7. The van der Waals surface area contributed by atoms with Crippen LogP contribution in [0, 0.1) is 11.8 Å². The molecule has 0 aromatic carbocycles. The third kappa shape index (κ3) is 45.3. The first-order valence-corrected chi connectivity index (χ1v) is 25.2. The lowest BCUT2D eigenvalue weighted by atomic mass is 10.0. The minimum atomic E-state index is -0.761. The van der Waals surface area contributed by atoms with E-state index in [-0.39, 0.29) is 31.1 Å². The lowest BCUT2D eigenvalue weighted by Crippen LogP contribution is -2.30. The zero-order chi connectivity index (χ0) is 41.9. The lowest BCUT2D eigenvalue weighted by molar-refractivity contribution is -0.167. The smallest absolute Gasteiger partial charge is 0.306 e. The predicted octanol–water partition coefficient (Wildman–Crippen LogP) is 16.1. The molecule has 0 aromatic rings. The fourth-order valence-corrected chi connectivity index (χ4v) is 7.64. The molecule has 0 aliphatic rings. The highest BCUT2D eigenvalue weighted by Crippen LogP contribution is 2.17. The highest BCUT2D eigenvalue weighted by Gasteiger charge is 2.19. The van der Waals surface area contributed by atoms with Gasteiger partial charge < -0.3 is 14.2 Å². The van der Waals surface area contributed by atoms with Crippen molar-refractivity contribution in [3.63, 3.8) is 0 Å². The molecule has 6 nitrogen and oxygen atoms in total. The van der Waals surface area contributed by atoms with Crippen molar-refractivity contribution in [3.8, 4) is 0 Å². The second-order valence-corrected chi connectivity index (χ2v) is 18.4. The van der Waals surface area contributed by atoms with E-state index in [0.29, 0.717) is 19.3 Å². The van der Waals surface area contributed by atoms with Crippen LogP contribution in [0.4, 0.5) is 0 Å². The van der Waals surface area contributed by atoms with Gasteiger partial charge in [-0.1, -0.05) is 240 Å². The molecule has 0 saturated heterocycles. The Hall–Kier alpha value is -1.59. The summed E-state index contributed by atoms with van der Waals surface area (Å²) in [6.45, 7) is 11.3. The van der Waals surface area contributed by atoms with Crippen LogP contribution in [0.25, 0.3) is 0 Å². The number of rotatable bonds is 45. The Morgan fingerprint density at radius 3 is 0.860 bits per heavy atom. The predicted molar refractivity (Wildman–Crippen MR) is 243 cm³/mol. The molecule has 0 spiro atoms. The van der Waals surface area contributed by atoms with E-state index in [1.807, 2.05) is 0 Å². The number of hydrogen-bond donors (Lipinski definition) is 0. The van der Waals surface area contributed by atoms with E-state index in [1.165, 1.54) is 167 Å². The van der Waals surface area contributed by atoms with Gasteiger partial charge in [0.15, 0.2) is 6.10 Å². The van der Waals surface area contributed by atoms with Crippen LogP contribution in [0.5, 0.6) is 0 Å². The van der Waals surface area contributed by atoms with Crippen molar-refractivity contribution in [3.05, 3.63) is 0 Å². The van der Waals surface area contributed by atoms with Crippen LogP contribution in [0.1, 0.15) is 279 Å². The second kappa shape index (κ2) is 44.0. The van der Waals surface area contributed by atoms with Gasteiger partial charge in [0.25, 0.3) is 0 Å². The molecule has 0 unspecified atom stereocenters. The van der Waals surface area contributed by atoms with Gasteiger partial charge >= 0.3 is 17.9 Å². The molecule has 0 heterocycles.